The maximum Gasteiger partial charge on any atom is 0.323 e. The second-order valence-electron chi connectivity index (χ2n) is 5.18. The Bertz CT molecular complexity index is 535. The molecule has 1 fully saturated rings. The van der Waals surface area contributed by atoms with Gasteiger partial charge in [0.2, 0.25) is 0 Å². The van der Waals surface area contributed by atoms with Crippen molar-refractivity contribution in [2.45, 2.75) is 37.2 Å². The van der Waals surface area contributed by atoms with Crippen molar-refractivity contribution in [3.05, 3.63) is 29.8 Å². The molecule has 5 nitrogen and oxygen atoms in total. The van der Waals surface area contributed by atoms with Crippen molar-refractivity contribution in [1.82, 2.24) is 5.32 Å². The highest BCUT2D eigenvalue weighted by atomic mass is 79.9. The lowest BCUT2D eigenvalue weighted by Gasteiger charge is -2.17. The van der Waals surface area contributed by atoms with Crippen LogP contribution in [0.1, 0.15) is 18.9 Å². The highest BCUT2D eigenvalue weighted by Crippen LogP contribution is 2.17. The van der Waals surface area contributed by atoms with Crippen molar-refractivity contribution in [2.24, 2.45) is 0 Å². The van der Waals surface area contributed by atoms with Crippen LogP contribution in [0.5, 0.6) is 0 Å². The number of benzene rings is 1. The molecule has 21 heavy (non-hydrogen) atoms. The van der Waals surface area contributed by atoms with E-state index in [1.54, 1.807) is 6.92 Å². The highest BCUT2D eigenvalue weighted by Gasteiger charge is 2.31. The Kier molecular flexibility index (Phi) is 5.36. The molecular weight excluding hydrogens is 336 g/mol. The van der Waals surface area contributed by atoms with Crippen molar-refractivity contribution < 1.29 is 14.3 Å². The molecule has 0 radical (unpaired) electrons. The number of hydrogen-bond acceptors (Lipinski definition) is 4. The fourth-order valence-corrected chi connectivity index (χ4v) is 2.69. The van der Waals surface area contributed by atoms with Crippen LogP contribution >= 0.6 is 15.9 Å². The van der Waals surface area contributed by atoms with Gasteiger partial charge in [-0.1, -0.05) is 34.1 Å². The van der Waals surface area contributed by atoms with E-state index >= 15 is 0 Å². The largest absolute Gasteiger partial charge is 0.451 e. The third kappa shape index (κ3) is 4.28. The zero-order chi connectivity index (χ0) is 15.4. The van der Waals surface area contributed by atoms with Gasteiger partial charge in [-0.2, -0.15) is 0 Å². The van der Waals surface area contributed by atoms with Gasteiger partial charge in [0.1, 0.15) is 6.04 Å². The second kappa shape index (κ2) is 7.04. The Morgan fingerprint density at radius 3 is 2.76 bits per heavy atom. The third-order valence-electron chi connectivity index (χ3n) is 3.43. The van der Waals surface area contributed by atoms with Gasteiger partial charge in [-0.3, -0.25) is 9.59 Å². The smallest absolute Gasteiger partial charge is 0.323 e. The SMILES string of the molecule is Cc1ccccc1NC(=O)C(C)OC(=O)C1CC(Br)CN1. The van der Waals surface area contributed by atoms with Crippen molar-refractivity contribution in [3.63, 3.8) is 0 Å². The summed E-state index contributed by atoms with van der Waals surface area (Å²) < 4.78 is 5.22. The van der Waals surface area contributed by atoms with Gasteiger partial charge in [-0.25, -0.2) is 0 Å². The number of hydrogen-bond donors (Lipinski definition) is 2. The van der Waals surface area contributed by atoms with Crippen molar-refractivity contribution in [1.29, 1.82) is 0 Å². The van der Waals surface area contributed by atoms with Gasteiger partial charge in [0.15, 0.2) is 6.10 Å². The average molecular weight is 355 g/mol. The molecule has 2 N–H and O–H groups in total. The number of amides is 1. The summed E-state index contributed by atoms with van der Waals surface area (Å²) in [5, 5.41) is 5.82. The molecule has 2 rings (SSSR count). The Balaban J connectivity index is 1.88. The standard InChI is InChI=1S/C15H19BrN2O3/c1-9-5-3-4-6-12(9)18-14(19)10(2)21-15(20)13-7-11(16)8-17-13/h3-6,10-11,13,17H,7-8H2,1-2H3,(H,18,19). The number of rotatable bonds is 4. The molecule has 0 saturated carbocycles. The molecule has 1 saturated heterocycles. The lowest BCUT2D eigenvalue weighted by molar-refractivity contribution is -0.154. The number of nitrogens with one attached hydrogen (secondary N) is 2. The topological polar surface area (TPSA) is 67.4 Å². The zero-order valence-electron chi connectivity index (χ0n) is 12.1. The van der Waals surface area contributed by atoms with Crippen molar-refractivity contribution >= 4 is 33.5 Å². The van der Waals surface area contributed by atoms with Crippen LogP contribution in [-0.4, -0.2) is 35.4 Å². The molecule has 0 bridgehead atoms. The van der Waals surface area contributed by atoms with E-state index < -0.39 is 6.10 Å². The van der Waals surface area contributed by atoms with E-state index in [1.165, 1.54) is 0 Å². The lowest BCUT2D eigenvalue weighted by Crippen LogP contribution is -2.38. The van der Waals surface area contributed by atoms with Gasteiger partial charge in [0.05, 0.1) is 0 Å². The van der Waals surface area contributed by atoms with E-state index in [1.807, 2.05) is 31.2 Å². The number of aryl methyl sites for hydroxylation is 1. The molecule has 3 atom stereocenters. The summed E-state index contributed by atoms with van der Waals surface area (Å²) in [4.78, 5) is 24.3. The summed E-state index contributed by atoms with van der Waals surface area (Å²) in [6, 6.07) is 7.12. The Morgan fingerprint density at radius 2 is 2.14 bits per heavy atom. The van der Waals surface area contributed by atoms with Crippen LogP contribution < -0.4 is 10.6 Å². The Labute approximate surface area is 132 Å². The number of esters is 1. The molecule has 6 heteroatoms. The van der Waals surface area contributed by atoms with Gasteiger partial charge >= 0.3 is 5.97 Å². The van der Waals surface area contributed by atoms with Crippen LogP contribution in [0.4, 0.5) is 5.69 Å². The van der Waals surface area contributed by atoms with Crippen molar-refractivity contribution in [3.8, 4) is 0 Å². The molecule has 0 spiro atoms. The van der Waals surface area contributed by atoms with Crippen molar-refractivity contribution in [2.75, 3.05) is 11.9 Å². The van der Waals surface area contributed by atoms with Crippen LogP contribution in [0.2, 0.25) is 0 Å². The van der Waals surface area contributed by atoms with Gasteiger partial charge in [-0.05, 0) is 31.9 Å². The number of alkyl halides is 1. The number of anilines is 1. The van der Waals surface area contributed by atoms with Gasteiger partial charge in [-0.15, -0.1) is 0 Å². The molecule has 0 aromatic heterocycles. The minimum Gasteiger partial charge on any atom is -0.451 e. The molecule has 0 aliphatic carbocycles. The zero-order valence-corrected chi connectivity index (χ0v) is 13.6. The lowest BCUT2D eigenvalue weighted by atomic mass is 10.2. The number of para-hydroxylation sites is 1. The molecule has 114 valence electrons. The monoisotopic (exact) mass is 354 g/mol. The third-order valence-corrected chi connectivity index (χ3v) is 4.12. The van der Waals surface area contributed by atoms with Crippen LogP contribution in [0.3, 0.4) is 0 Å². The first-order valence-corrected chi connectivity index (χ1v) is 7.83. The maximum atomic E-state index is 12.1. The number of carbonyl (C=O) groups is 2. The molecular formula is C15H19BrN2O3. The van der Waals surface area contributed by atoms with E-state index in [9.17, 15) is 9.59 Å². The Hall–Kier alpha value is -1.40. The number of carbonyl (C=O) groups excluding carboxylic acids is 2. The summed E-state index contributed by atoms with van der Waals surface area (Å²) in [5.74, 6) is -0.713. The van der Waals surface area contributed by atoms with E-state index in [4.69, 9.17) is 4.74 Å². The molecule has 1 aliphatic heterocycles. The first-order valence-electron chi connectivity index (χ1n) is 6.92. The van der Waals surface area contributed by atoms with Gasteiger partial charge < -0.3 is 15.4 Å². The van der Waals surface area contributed by atoms with Gasteiger partial charge in [0, 0.05) is 17.1 Å². The van der Waals surface area contributed by atoms with Crippen LogP contribution in [0, 0.1) is 6.92 Å². The van der Waals surface area contributed by atoms with E-state index in [-0.39, 0.29) is 22.7 Å². The van der Waals surface area contributed by atoms with Crippen LogP contribution in [-0.2, 0) is 14.3 Å². The predicted octanol–water partition coefficient (Wildman–Crippen LogP) is 1.99. The fourth-order valence-electron chi connectivity index (χ4n) is 2.13. The summed E-state index contributed by atoms with van der Waals surface area (Å²) in [5.41, 5.74) is 1.69. The number of halogens is 1. The molecule has 1 amide bonds. The van der Waals surface area contributed by atoms with Crippen LogP contribution in [0.15, 0.2) is 24.3 Å². The first-order chi connectivity index (χ1) is 9.97. The average Bonchev–Trinajstić information content (AvgIpc) is 2.88. The van der Waals surface area contributed by atoms with Crippen LogP contribution in [0.25, 0.3) is 0 Å². The second-order valence-corrected chi connectivity index (χ2v) is 6.47. The fraction of sp³-hybridized carbons (Fsp3) is 0.467. The van der Waals surface area contributed by atoms with E-state index in [2.05, 4.69) is 26.6 Å². The molecule has 1 aromatic carbocycles. The molecule has 1 heterocycles. The van der Waals surface area contributed by atoms with E-state index in [0.717, 1.165) is 17.8 Å². The minimum absolute atomic E-state index is 0.270. The highest BCUT2D eigenvalue weighted by molar-refractivity contribution is 9.09. The molecule has 1 aliphatic rings. The molecule has 3 unspecified atom stereocenters. The predicted molar refractivity (Wildman–Crippen MR) is 84.5 cm³/mol. The Morgan fingerprint density at radius 1 is 1.43 bits per heavy atom. The summed E-state index contributed by atoms with van der Waals surface area (Å²) in [7, 11) is 0. The summed E-state index contributed by atoms with van der Waals surface area (Å²) in [6.07, 6.45) is -0.154. The quantitative estimate of drug-likeness (QED) is 0.640. The first kappa shape index (κ1) is 16.0. The summed E-state index contributed by atoms with van der Waals surface area (Å²) in [6.45, 7) is 4.21. The van der Waals surface area contributed by atoms with E-state index in [0.29, 0.717) is 6.42 Å². The maximum absolute atomic E-state index is 12.1. The summed E-state index contributed by atoms with van der Waals surface area (Å²) >= 11 is 3.44. The van der Waals surface area contributed by atoms with Gasteiger partial charge in [0.25, 0.3) is 5.91 Å². The minimum atomic E-state index is -0.826. The normalized spacial score (nSPS) is 22.6. The molecule has 1 aromatic rings. The number of ether oxygens (including phenoxy) is 1.